The molecule has 15 heavy (non-hydrogen) atoms. The molecule has 1 atom stereocenters. The van der Waals surface area contributed by atoms with E-state index in [-0.39, 0.29) is 0 Å². The Kier molecular flexibility index (Phi) is 4.47. The molecule has 0 aromatic heterocycles. The van der Waals surface area contributed by atoms with E-state index in [2.05, 4.69) is 19.9 Å². The number of ether oxygens (including phenoxy) is 2. The van der Waals surface area contributed by atoms with Crippen LogP contribution in [0.1, 0.15) is 25.8 Å². The van der Waals surface area contributed by atoms with Gasteiger partial charge in [-0.05, 0) is 36.1 Å². The Morgan fingerprint density at radius 1 is 1.20 bits per heavy atom. The second kappa shape index (κ2) is 5.64. The molecule has 0 radical (unpaired) electrons. The lowest BCUT2D eigenvalue weighted by molar-refractivity contribution is 0.394. The van der Waals surface area contributed by atoms with Gasteiger partial charge in [-0.2, -0.15) is 0 Å². The summed E-state index contributed by atoms with van der Waals surface area (Å²) in [5.74, 6) is 2.52. The van der Waals surface area contributed by atoms with E-state index in [9.17, 15) is 0 Å². The highest BCUT2D eigenvalue weighted by Gasteiger charge is 2.08. The Morgan fingerprint density at radius 3 is 2.47 bits per heavy atom. The van der Waals surface area contributed by atoms with Gasteiger partial charge in [0.25, 0.3) is 0 Å². The first-order valence-electron chi connectivity index (χ1n) is 5.42. The minimum absolute atomic E-state index is 0.672. The van der Waals surface area contributed by atoms with Gasteiger partial charge in [0.15, 0.2) is 0 Å². The van der Waals surface area contributed by atoms with Gasteiger partial charge in [-0.3, -0.25) is 0 Å². The summed E-state index contributed by atoms with van der Waals surface area (Å²) in [7, 11) is 3.40. The molecule has 0 saturated heterocycles. The van der Waals surface area contributed by atoms with Crippen molar-refractivity contribution in [2.24, 2.45) is 5.92 Å². The van der Waals surface area contributed by atoms with Crippen molar-refractivity contribution < 1.29 is 9.47 Å². The molecule has 1 unspecified atom stereocenters. The number of methoxy groups -OCH3 is 2. The van der Waals surface area contributed by atoms with Crippen LogP contribution < -0.4 is 9.47 Å². The molecule has 0 saturated carbocycles. The van der Waals surface area contributed by atoms with E-state index in [1.54, 1.807) is 14.2 Å². The van der Waals surface area contributed by atoms with Gasteiger partial charge < -0.3 is 9.47 Å². The van der Waals surface area contributed by atoms with Crippen molar-refractivity contribution in [3.05, 3.63) is 23.8 Å². The van der Waals surface area contributed by atoms with Crippen LogP contribution in [0.2, 0.25) is 0 Å². The van der Waals surface area contributed by atoms with Gasteiger partial charge in [-0.15, -0.1) is 0 Å². The summed E-state index contributed by atoms with van der Waals surface area (Å²) < 4.78 is 10.5. The van der Waals surface area contributed by atoms with Gasteiger partial charge in [-0.25, -0.2) is 0 Å². The summed E-state index contributed by atoms with van der Waals surface area (Å²) in [5.41, 5.74) is 1.23. The molecule has 0 heterocycles. The van der Waals surface area contributed by atoms with Crippen molar-refractivity contribution in [3.63, 3.8) is 0 Å². The predicted molar refractivity (Wildman–Crippen MR) is 62.7 cm³/mol. The molecule has 2 nitrogen and oxygen atoms in total. The lowest BCUT2D eigenvalue weighted by atomic mass is 9.98. The predicted octanol–water partition coefficient (Wildman–Crippen LogP) is 3.29. The molecular formula is C13H20O2. The third-order valence-electron chi connectivity index (χ3n) is 2.75. The van der Waals surface area contributed by atoms with E-state index in [1.165, 1.54) is 12.0 Å². The fourth-order valence-electron chi connectivity index (χ4n) is 1.56. The van der Waals surface area contributed by atoms with Gasteiger partial charge in [0.2, 0.25) is 0 Å². The summed E-state index contributed by atoms with van der Waals surface area (Å²) in [6.07, 6.45) is 2.22. The Balaban J connectivity index is 2.90. The maximum atomic E-state index is 5.33. The van der Waals surface area contributed by atoms with Crippen molar-refractivity contribution in [3.8, 4) is 11.5 Å². The van der Waals surface area contributed by atoms with Crippen LogP contribution in [0.5, 0.6) is 11.5 Å². The quantitative estimate of drug-likeness (QED) is 0.739. The Labute approximate surface area is 92.2 Å². The lowest BCUT2D eigenvalue weighted by Crippen LogP contribution is -2.00. The molecule has 84 valence electrons. The number of benzene rings is 1. The average Bonchev–Trinajstić information content (AvgIpc) is 2.28. The van der Waals surface area contributed by atoms with Crippen LogP contribution in [-0.4, -0.2) is 14.2 Å². The fraction of sp³-hybridized carbons (Fsp3) is 0.538. The van der Waals surface area contributed by atoms with Crippen molar-refractivity contribution in [1.29, 1.82) is 0 Å². The summed E-state index contributed by atoms with van der Waals surface area (Å²) in [6, 6.07) is 5.96. The first-order chi connectivity index (χ1) is 7.21. The fourth-order valence-corrected chi connectivity index (χ4v) is 1.56. The van der Waals surface area contributed by atoms with Crippen molar-refractivity contribution in [1.82, 2.24) is 0 Å². The first-order valence-corrected chi connectivity index (χ1v) is 5.42. The van der Waals surface area contributed by atoms with Crippen LogP contribution in [0.4, 0.5) is 0 Å². The summed E-state index contributed by atoms with van der Waals surface area (Å²) >= 11 is 0. The smallest absolute Gasteiger partial charge is 0.122 e. The molecule has 0 aliphatic heterocycles. The lowest BCUT2D eigenvalue weighted by Gasteiger charge is -2.13. The third-order valence-corrected chi connectivity index (χ3v) is 2.75. The molecule has 0 aliphatic carbocycles. The van der Waals surface area contributed by atoms with E-state index in [0.29, 0.717) is 5.92 Å². The number of rotatable bonds is 5. The molecular weight excluding hydrogens is 188 g/mol. The Bertz CT molecular complexity index is 307. The molecule has 0 amide bonds. The van der Waals surface area contributed by atoms with Crippen LogP contribution in [0.15, 0.2) is 18.2 Å². The Hall–Kier alpha value is -1.18. The highest BCUT2D eigenvalue weighted by Crippen LogP contribution is 2.26. The van der Waals surface area contributed by atoms with Crippen LogP contribution in [0, 0.1) is 5.92 Å². The highest BCUT2D eigenvalue weighted by atomic mass is 16.5. The van der Waals surface area contributed by atoms with E-state index >= 15 is 0 Å². The van der Waals surface area contributed by atoms with Crippen molar-refractivity contribution in [2.45, 2.75) is 26.7 Å². The largest absolute Gasteiger partial charge is 0.497 e. The van der Waals surface area contributed by atoms with Gasteiger partial charge >= 0.3 is 0 Å². The van der Waals surface area contributed by atoms with Crippen LogP contribution in [0.3, 0.4) is 0 Å². The standard InChI is InChI=1S/C13H20O2/c1-5-10(2)8-11-9-12(14-3)6-7-13(11)15-4/h6-7,9-10H,5,8H2,1-4H3. The molecule has 0 N–H and O–H groups in total. The molecule has 0 aliphatic rings. The van der Waals surface area contributed by atoms with E-state index in [4.69, 9.17) is 9.47 Å². The SMILES string of the molecule is CCC(C)Cc1cc(OC)ccc1OC. The van der Waals surface area contributed by atoms with Gasteiger partial charge in [0.05, 0.1) is 14.2 Å². The van der Waals surface area contributed by atoms with E-state index in [0.717, 1.165) is 17.9 Å². The molecule has 2 heteroatoms. The second-order valence-electron chi connectivity index (χ2n) is 3.90. The first kappa shape index (κ1) is 11.9. The summed E-state index contributed by atoms with van der Waals surface area (Å²) in [4.78, 5) is 0. The zero-order valence-electron chi connectivity index (χ0n) is 10.0. The molecule has 0 fully saturated rings. The summed E-state index contributed by atoms with van der Waals surface area (Å²) in [6.45, 7) is 4.45. The zero-order chi connectivity index (χ0) is 11.3. The normalized spacial score (nSPS) is 12.3. The van der Waals surface area contributed by atoms with Gasteiger partial charge in [-0.1, -0.05) is 20.3 Å². The van der Waals surface area contributed by atoms with E-state index in [1.807, 2.05) is 12.1 Å². The van der Waals surface area contributed by atoms with Crippen molar-refractivity contribution >= 4 is 0 Å². The second-order valence-corrected chi connectivity index (χ2v) is 3.90. The highest BCUT2D eigenvalue weighted by molar-refractivity contribution is 5.40. The Morgan fingerprint density at radius 2 is 1.93 bits per heavy atom. The number of hydrogen-bond acceptors (Lipinski definition) is 2. The van der Waals surface area contributed by atoms with E-state index < -0.39 is 0 Å². The average molecular weight is 208 g/mol. The molecule has 1 aromatic rings. The molecule has 0 spiro atoms. The topological polar surface area (TPSA) is 18.5 Å². The molecule has 0 bridgehead atoms. The zero-order valence-corrected chi connectivity index (χ0v) is 10.0. The summed E-state index contributed by atoms with van der Waals surface area (Å²) in [5, 5.41) is 0. The maximum Gasteiger partial charge on any atom is 0.122 e. The van der Waals surface area contributed by atoms with Crippen LogP contribution in [-0.2, 0) is 6.42 Å². The van der Waals surface area contributed by atoms with Crippen LogP contribution >= 0.6 is 0 Å². The molecule has 1 aromatic carbocycles. The third kappa shape index (κ3) is 3.15. The maximum absolute atomic E-state index is 5.33. The van der Waals surface area contributed by atoms with Gasteiger partial charge in [0.1, 0.15) is 11.5 Å². The minimum Gasteiger partial charge on any atom is -0.497 e. The monoisotopic (exact) mass is 208 g/mol. The molecule has 1 rings (SSSR count). The number of hydrogen-bond donors (Lipinski definition) is 0. The van der Waals surface area contributed by atoms with Crippen molar-refractivity contribution in [2.75, 3.05) is 14.2 Å². The van der Waals surface area contributed by atoms with Crippen LogP contribution in [0.25, 0.3) is 0 Å². The minimum atomic E-state index is 0.672. The van der Waals surface area contributed by atoms with Gasteiger partial charge in [0, 0.05) is 0 Å².